The zero-order valence-electron chi connectivity index (χ0n) is 19.6. The molecule has 0 saturated heterocycles. The van der Waals surface area contributed by atoms with Gasteiger partial charge < -0.3 is 29.4 Å². The first-order valence-electron chi connectivity index (χ1n) is 11.6. The maximum atomic E-state index is 11.5. The summed E-state index contributed by atoms with van der Waals surface area (Å²) < 4.78 is 22.0. The summed E-state index contributed by atoms with van der Waals surface area (Å²) in [4.78, 5) is 11.5. The Hall–Kier alpha value is -2.61. The summed E-state index contributed by atoms with van der Waals surface area (Å²) in [5.41, 5.74) is 4.31. The van der Waals surface area contributed by atoms with Gasteiger partial charge in [-0.3, -0.25) is 0 Å². The first-order valence-corrected chi connectivity index (χ1v) is 11.6. The Labute approximate surface area is 195 Å². The molecule has 7 heteroatoms. The van der Waals surface area contributed by atoms with Crippen LogP contribution in [0.2, 0.25) is 0 Å². The average Bonchev–Trinajstić information content (AvgIpc) is 2.80. The van der Waals surface area contributed by atoms with Crippen LogP contribution in [0, 0.1) is 0 Å². The van der Waals surface area contributed by atoms with Gasteiger partial charge in [0.25, 0.3) is 0 Å². The molecule has 0 bridgehead atoms. The second kappa shape index (κ2) is 10.1. The van der Waals surface area contributed by atoms with Crippen molar-refractivity contribution in [3.05, 3.63) is 58.7 Å². The minimum absolute atomic E-state index is 0.0884. The molecule has 1 aliphatic carbocycles. The molecule has 178 valence electrons. The van der Waals surface area contributed by atoms with Crippen molar-refractivity contribution in [3.8, 4) is 11.5 Å². The fourth-order valence-corrected chi connectivity index (χ4v) is 4.30. The van der Waals surface area contributed by atoms with Gasteiger partial charge in [-0.2, -0.15) is 0 Å². The Balaban J connectivity index is 1.31. The first-order chi connectivity index (χ1) is 15.8. The van der Waals surface area contributed by atoms with E-state index in [2.05, 4.69) is 11.4 Å². The number of benzene rings is 2. The number of ether oxygens (including phenoxy) is 4. The highest BCUT2D eigenvalue weighted by Gasteiger charge is 2.28. The normalized spacial score (nSPS) is 19.6. The number of aliphatic hydroxyl groups is 1. The van der Waals surface area contributed by atoms with E-state index in [-0.39, 0.29) is 18.6 Å². The number of aliphatic hydroxyl groups excluding tert-OH is 1. The van der Waals surface area contributed by atoms with Crippen LogP contribution >= 0.6 is 0 Å². The average molecular weight is 456 g/mol. The van der Waals surface area contributed by atoms with Gasteiger partial charge in [0.1, 0.15) is 11.5 Å². The van der Waals surface area contributed by atoms with Crippen molar-refractivity contribution in [2.45, 2.75) is 64.6 Å². The van der Waals surface area contributed by atoms with Crippen LogP contribution in [-0.4, -0.2) is 42.7 Å². The summed E-state index contributed by atoms with van der Waals surface area (Å²) in [6, 6.07) is 12.0. The van der Waals surface area contributed by atoms with Crippen LogP contribution < -0.4 is 14.8 Å². The molecule has 2 atom stereocenters. The summed E-state index contributed by atoms with van der Waals surface area (Å²) in [7, 11) is 0. The monoisotopic (exact) mass is 455 g/mol. The summed E-state index contributed by atoms with van der Waals surface area (Å²) in [6.07, 6.45) is 2.19. The number of carbonyl (C=O) groups excluding carboxylic acids is 1. The predicted molar refractivity (Wildman–Crippen MR) is 123 cm³/mol. The van der Waals surface area contributed by atoms with Crippen molar-refractivity contribution in [2.24, 2.45) is 0 Å². The number of rotatable bonds is 8. The minimum atomic E-state index is -0.629. The van der Waals surface area contributed by atoms with Gasteiger partial charge in [0.2, 0.25) is 5.79 Å². The van der Waals surface area contributed by atoms with E-state index in [9.17, 15) is 9.90 Å². The van der Waals surface area contributed by atoms with Gasteiger partial charge >= 0.3 is 5.97 Å². The molecule has 33 heavy (non-hydrogen) atoms. The maximum Gasteiger partial charge on any atom is 0.344 e. The number of nitrogens with one attached hydrogen (secondary N) is 1. The van der Waals surface area contributed by atoms with Gasteiger partial charge in [0, 0.05) is 32.0 Å². The van der Waals surface area contributed by atoms with Crippen molar-refractivity contribution >= 4 is 5.97 Å². The number of aryl methyl sites for hydroxylation is 1. The molecule has 2 aromatic rings. The standard InChI is InChI=1S/C26H33NO6/c1-4-30-25(29)16-31-22-9-6-17-5-8-21(12-19(17)13-22)27-14-23(28)18-7-10-24-20(11-18)15-32-26(2,3)33-24/h6-7,9-11,13,21,23,27-28H,4-5,8,12,14-16H2,1-3H3/t21-,23+/m0/s1. The molecule has 0 saturated carbocycles. The Bertz CT molecular complexity index is 989. The predicted octanol–water partition coefficient (Wildman–Crippen LogP) is 3.45. The molecule has 1 heterocycles. The van der Waals surface area contributed by atoms with Crippen LogP contribution in [0.25, 0.3) is 0 Å². The number of fused-ring (bicyclic) bond motifs is 2. The third-order valence-corrected chi connectivity index (χ3v) is 6.07. The molecular weight excluding hydrogens is 422 g/mol. The van der Waals surface area contributed by atoms with Gasteiger partial charge in [-0.1, -0.05) is 12.1 Å². The summed E-state index contributed by atoms with van der Waals surface area (Å²) >= 11 is 0. The number of carbonyl (C=O) groups is 1. The second-order valence-corrected chi connectivity index (χ2v) is 9.05. The smallest absolute Gasteiger partial charge is 0.344 e. The Kier molecular flexibility index (Phi) is 7.22. The van der Waals surface area contributed by atoms with E-state index < -0.39 is 11.9 Å². The molecule has 0 amide bonds. The number of esters is 1. The molecule has 7 nitrogen and oxygen atoms in total. The van der Waals surface area contributed by atoms with Crippen molar-refractivity contribution in [2.75, 3.05) is 19.8 Å². The largest absolute Gasteiger partial charge is 0.482 e. The highest BCUT2D eigenvalue weighted by atomic mass is 16.7. The molecule has 0 fully saturated rings. The van der Waals surface area contributed by atoms with Crippen LogP contribution in [0.15, 0.2) is 36.4 Å². The third kappa shape index (κ3) is 6.05. The van der Waals surface area contributed by atoms with Gasteiger partial charge in [0.05, 0.1) is 19.3 Å². The molecule has 0 aromatic heterocycles. The van der Waals surface area contributed by atoms with Crippen molar-refractivity contribution in [1.29, 1.82) is 0 Å². The van der Waals surface area contributed by atoms with Crippen molar-refractivity contribution < 1.29 is 28.8 Å². The minimum Gasteiger partial charge on any atom is -0.482 e. The van der Waals surface area contributed by atoms with Gasteiger partial charge in [-0.25, -0.2) is 4.79 Å². The molecule has 2 aromatic carbocycles. The van der Waals surface area contributed by atoms with Crippen LogP contribution in [0.5, 0.6) is 11.5 Å². The molecule has 2 N–H and O–H groups in total. The lowest BCUT2D eigenvalue weighted by Crippen LogP contribution is -2.37. The molecule has 2 aliphatic rings. The van der Waals surface area contributed by atoms with Crippen molar-refractivity contribution in [1.82, 2.24) is 5.32 Å². The topological polar surface area (TPSA) is 86.3 Å². The summed E-state index contributed by atoms with van der Waals surface area (Å²) in [6.45, 7) is 6.74. The zero-order chi connectivity index (χ0) is 23.4. The Morgan fingerprint density at radius 1 is 1.21 bits per heavy atom. The van der Waals surface area contributed by atoms with E-state index in [1.807, 2.05) is 44.2 Å². The molecule has 0 radical (unpaired) electrons. The second-order valence-electron chi connectivity index (χ2n) is 9.05. The number of hydrogen-bond acceptors (Lipinski definition) is 7. The van der Waals surface area contributed by atoms with E-state index in [1.54, 1.807) is 6.92 Å². The lowest BCUT2D eigenvalue weighted by Gasteiger charge is -2.33. The molecular formula is C26H33NO6. The lowest BCUT2D eigenvalue weighted by molar-refractivity contribution is -0.180. The van der Waals surface area contributed by atoms with E-state index in [1.165, 1.54) is 11.1 Å². The van der Waals surface area contributed by atoms with E-state index in [0.717, 1.165) is 36.1 Å². The van der Waals surface area contributed by atoms with Crippen LogP contribution in [0.3, 0.4) is 0 Å². The lowest BCUT2D eigenvalue weighted by atomic mass is 9.88. The van der Waals surface area contributed by atoms with E-state index in [4.69, 9.17) is 18.9 Å². The third-order valence-electron chi connectivity index (χ3n) is 6.07. The highest BCUT2D eigenvalue weighted by molar-refractivity contribution is 5.71. The molecule has 1 aliphatic heterocycles. The van der Waals surface area contributed by atoms with Crippen LogP contribution in [0.1, 0.15) is 55.5 Å². The quantitative estimate of drug-likeness (QED) is 0.590. The van der Waals surface area contributed by atoms with E-state index in [0.29, 0.717) is 25.5 Å². The SMILES string of the molecule is CCOC(=O)COc1ccc2c(c1)C[C@@H](NC[C@@H](O)c1ccc3c(c1)COC(C)(C)O3)CC2. The maximum absolute atomic E-state index is 11.5. The zero-order valence-corrected chi connectivity index (χ0v) is 19.6. The molecule has 0 spiro atoms. The molecule has 0 unspecified atom stereocenters. The van der Waals surface area contributed by atoms with Crippen LogP contribution in [0.4, 0.5) is 0 Å². The van der Waals surface area contributed by atoms with Crippen molar-refractivity contribution in [3.63, 3.8) is 0 Å². The number of hydrogen-bond donors (Lipinski definition) is 2. The van der Waals surface area contributed by atoms with Gasteiger partial charge in [-0.15, -0.1) is 0 Å². The summed E-state index contributed by atoms with van der Waals surface area (Å²) in [5, 5.41) is 14.3. The fourth-order valence-electron chi connectivity index (χ4n) is 4.30. The Morgan fingerprint density at radius 3 is 2.88 bits per heavy atom. The van der Waals surface area contributed by atoms with Gasteiger partial charge in [-0.05, 0) is 67.1 Å². The van der Waals surface area contributed by atoms with Crippen LogP contribution in [-0.2, 0) is 33.7 Å². The van der Waals surface area contributed by atoms with E-state index >= 15 is 0 Å². The van der Waals surface area contributed by atoms with Gasteiger partial charge in [0.15, 0.2) is 6.61 Å². The highest BCUT2D eigenvalue weighted by Crippen LogP contribution is 2.33. The molecule has 4 rings (SSSR count). The Morgan fingerprint density at radius 2 is 2.06 bits per heavy atom. The fraction of sp³-hybridized carbons (Fsp3) is 0.500. The summed E-state index contributed by atoms with van der Waals surface area (Å²) in [5.74, 6) is 0.479. The first kappa shape index (κ1) is 23.5.